The molecule has 0 spiro atoms. The monoisotopic (exact) mass is 329 g/mol. The third-order valence-electron chi connectivity index (χ3n) is 3.75. The molecular formula is C19H23NO2S. The molecule has 1 N–H and O–H groups in total. The van der Waals surface area contributed by atoms with Gasteiger partial charge < -0.3 is 10.1 Å². The first kappa shape index (κ1) is 17.4. The van der Waals surface area contributed by atoms with Crippen LogP contribution in [0, 0.1) is 13.8 Å². The normalized spacial score (nSPS) is 11.8. The van der Waals surface area contributed by atoms with Gasteiger partial charge in [-0.15, -0.1) is 11.8 Å². The van der Waals surface area contributed by atoms with Gasteiger partial charge in [0.2, 0.25) is 0 Å². The zero-order chi connectivity index (χ0) is 16.8. The Morgan fingerprint density at radius 1 is 1.13 bits per heavy atom. The summed E-state index contributed by atoms with van der Waals surface area (Å²) < 4.78 is 5.69. The summed E-state index contributed by atoms with van der Waals surface area (Å²) in [7, 11) is 0. The van der Waals surface area contributed by atoms with Gasteiger partial charge in [0.05, 0.1) is 6.04 Å². The van der Waals surface area contributed by atoms with Gasteiger partial charge in [0.1, 0.15) is 5.75 Å². The van der Waals surface area contributed by atoms with Gasteiger partial charge in [0.15, 0.2) is 6.61 Å². The maximum absolute atomic E-state index is 12.1. The van der Waals surface area contributed by atoms with Gasteiger partial charge in [0, 0.05) is 4.90 Å². The fourth-order valence-corrected chi connectivity index (χ4v) is 2.83. The fraction of sp³-hybridized carbons (Fsp3) is 0.316. The van der Waals surface area contributed by atoms with Crippen molar-refractivity contribution in [2.45, 2.75) is 31.7 Å². The number of carbonyl (C=O) groups is 1. The van der Waals surface area contributed by atoms with E-state index in [1.165, 1.54) is 4.90 Å². The minimum atomic E-state index is -0.117. The Labute approximate surface area is 142 Å². The summed E-state index contributed by atoms with van der Waals surface area (Å²) in [5.41, 5.74) is 3.17. The lowest BCUT2D eigenvalue weighted by atomic mass is 10.1. The minimum Gasteiger partial charge on any atom is -0.483 e. The Balaban J connectivity index is 1.91. The quantitative estimate of drug-likeness (QED) is 0.804. The lowest BCUT2D eigenvalue weighted by Gasteiger charge is -2.16. The largest absolute Gasteiger partial charge is 0.483 e. The van der Waals surface area contributed by atoms with Crippen LogP contribution in [0.2, 0.25) is 0 Å². The number of aryl methyl sites for hydroxylation is 2. The highest BCUT2D eigenvalue weighted by Crippen LogP contribution is 2.22. The van der Waals surface area contributed by atoms with Gasteiger partial charge in [-0.3, -0.25) is 4.79 Å². The van der Waals surface area contributed by atoms with Crippen LogP contribution < -0.4 is 10.1 Å². The number of amides is 1. The maximum atomic E-state index is 12.1. The van der Waals surface area contributed by atoms with E-state index in [4.69, 9.17) is 4.74 Å². The number of hydrogen-bond acceptors (Lipinski definition) is 3. The molecule has 0 fully saturated rings. The lowest BCUT2D eigenvalue weighted by Crippen LogP contribution is -2.31. The molecule has 23 heavy (non-hydrogen) atoms. The molecule has 2 aromatic carbocycles. The van der Waals surface area contributed by atoms with Crippen LogP contribution in [-0.4, -0.2) is 18.8 Å². The Morgan fingerprint density at radius 2 is 1.74 bits per heavy atom. The molecule has 0 aliphatic carbocycles. The van der Waals surface area contributed by atoms with Crippen LogP contribution in [0.25, 0.3) is 0 Å². The number of rotatable bonds is 6. The summed E-state index contributed by atoms with van der Waals surface area (Å²) in [6, 6.07) is 14.1. The molecule has 0 radical (unpaired) electrons. The molecule has 3 nitrogen and oxygen atoms in total. The van der Waals surface area contributed by atoms with E-state index in [0.29, 0.717) is 0 Å². The Hall–Kier alpha value is -1.94. The fourth-order valence-electron chi connectivity index (χ4n) is 2.42. The number of hydrogen-bond donors (Lipinski definition) is 1. The third kappa shape index (κ3) is 4.76. The molecular weight excluding hydrogens is 306 g/mol. The van der Waals surface area contributed by atoms with Crippen molar-refractivity contribution in [3.8, 4) is 5.75 Å². The second kappa shape index (κ2) is 8.06. The smallest absolute Gasteiger partial charge is 0.258 e. The molecule has 0 saturated heterocycles. The summed E-state index contributed by atoms with van der Waals surface area (Å²) in [5, 5.41) is 2.97. The first-order valence-corrected chi connectivity index (χ1v) is 8.86. The molecule has 0 bridgehead atoms. The topological polar surface area (TPSA) is 38.3 Å². The van der Waals surface area contributed by atoms with Gasteiger partial charge >= 0.3 is 0 Å². The Morgan fingerprint density at radius 3 is 2.30 bits per heavy atom. The van der Waals surface area contributed by atoms with Crippen molar-refractivity contribution in [1.82, 2.24) is 5.32 Å². The van der Waals surface area contributed by atoms with E-state index in [2.05, 4.69) is 17.4 Å². The maximum Gasteiger partial charge on any atom is 0.258 e. The summed E-state index contributed by atoms with van der Waals surface area (Å²) >= 11 is 1.70. The highest BCUT2D eigenvalue weighted by Gasteiger charge is 2.11. The van der Waals surface area contributed by atoms with Crippen molar-refractivity contribution in [3.63, 3.8) is 0 Å². The van der Waals surface area contributed by atoms with Crippen LogP contribution in [0.1, 0.15) is 29.7 Å². The first-order valence-electron chi connectivity index (χ1n) is 7.63. The predicted octanol–water partition coefficient (Wildman–Crippen LogP) is 4.28. The van der Waals surface area contributed by atoms with Gasteiger partial charge in [-0.25, -0.2) is 0 Å². The zero-order valence-corrected chi connectivity index (χ0v) is 14.9. The summed E-state index contributed by atoms with van der Waals surface area (Å²) in [4.78, 5) is 13.3. The second-order valence-corrected chi connectivity index (χ2v) is 6.45. The molecule has 0 heterocycles. The van der Waals surface area contributed by atoms with Crippen molar-refractivity contribution in [2.75, 3.05) is 12.9 Å². The van der Waals surface area contributed by atoms with E-state index in [1.807, 2.05) is 57.4 Å². The Bertz CT molecular complexity index is 647. The van der Waals surface area contributed by atoms with Crippen molar-refractivity contribution in [1.29, 1.82) is 0 Å². The molecule has 0 aliphatic heterocycles. The summed E-state index contributed by atoms with van der Waals surface area (Å²) in [6.45, 7) is 5.97. The van der Waals surface area contributed by atoms with Crippen LogP contribution in [0.4, 0.5) is 0 Å². The molecule has 0 unspecified atom stereocenters. The Kier molecular flexibility index (Phi) is 6.11. The molecule has 2 rings (SSSR count). The SMILES string of the molecule is CSc1ccc([C@H](C)NC(=O)COc2c(C)cccc2C)cc1. The van der Waals surface area contributed by atoms with Crippen molar-refractivity contribution >= 4 is 17.7 Å². The number of para-hydroxylation sites is 1. The number of thioether (sulfide) groups is 1. The van der Waals surface area contributed by atoms with Crippen LogP contribution >= 0.6 is 11.8 Å². The second-order valence-electron chi connectivity index (χ2n) is 5.57. The molecule has 0 aliphatic rings. The van der Waals surface area contributed by atoms with Crippen LogP contribution in [0.3, 0.4) is 0 Å². The van der Waals surface area contributed by atoms with E-state index in [9.17, 15) is 4.79 Å². The van der Waals surface area contributed by atoms with Crippen LogP contribution in [-0.2, 0) is 4.79 Å². The van der Waals surface area contributed by atoms with Gasteiger partial charge in [-0.2, -0.15) is 0 Å². The standard InChI is InChI=1S/C19H23NO2S/c1-13-6-5-7-14(2)19(13)22-12-18(21)20-15(3)16-8-10-17(23-4)11-9-16/h5-11,15H,12H2,1-4H3,(H,20,21)/t15-/m0/s1. The van der Waals surface area contributed by atoms with E-state index in [0.717, 1.165) is 22.4 Å². The van der Waals surface area contributed by atoms with E-state index in [1.54, 1.807) is 11.8 Å². The summed E-state index contributed by atoms with van der Waals surface area (Å²) in [6.07, 6.45) is 2.05. The number of carbonyl (C=O) groups excluding carboxylic acids is 1. The molecule has 1 amide bonds. The molecule has 2 aromatic rings. The van der Waals surface area contributed by atoms with E-state index in [-0.39, 0.29) is 18.6 Å². The van der Waals surface area contributed by atoms with Crippen molar-refractivity contribution < 1.29 is 9.53 Å². The van der Waals surface area contributed by atoms with E-state index >= 15 is 0 Å². The minimum absolute atomic E-state index is 0.0267. The number of benzene rings is 2. The highest BCUT2D eigenvalue weighted by molar-refractivity contribution is 7.98. The molecule has 0 aromatic heterocycles. The molecule has 4 heteroatoms. The average molecular weight is 329 g/mol. The average Bonchev–Trinajstić information content (AvgIpc) is 2.54. The van der Waals surface area contributed by atoms with Gasteiger partial charge in [-0.1, -0.05) is 30.3 Å². The molecule has 0 saturated carbocycles. The van der Waals surface area contributed by atoms with Gasteiger partial charge in [-0.05, 0) is 55.9 Å². The van der Waals surface area contributed by atoms with Crippen LogP contribution in [0.5, 0.6) is 5.75 Å². The van der Waals surface area contributed by atoms with Crippen molar-refractivity contribution in [3.05, 3.63) is 59.2 Å². The predicted molar refractivity (Wildman–Crippen MR) is 96.2 cm³/mol. The van der Waals surface area contributed by atoms with Crippen LogP contribution in [0.15, 0.2) is 47.4 Å². The first-order chi connectivity index (χ1) is 11.0. The number of nitrogens with one attached hydrogen (secondary N) is 1. The zero-order valence-electron chi connectivity index (χ0n) is 14.1. The number of ether oxygens (including phenoxy) is 1. The molecule has 122 valence electrons. The summed E-state index contributed by atoms with van der Waals surface area (Å²) in [5.74, 6) is 0.675. The highest BCUT2D eigenvalue weighted by atomic mass is 32.2. The van der Waals surface area contributed by atoms with E-state index < -0.39 is 0 Å². The van der Waals surface area contributed by atoms with Crippen molar-refractivity contribution in [2.24, 2.45) is 0 Å². The third-order valence-corrected chi connectivity index (χ3v) is 4.49. The molecule has 1 atom stereocenters. The lowest BCUT2D eigenvalue weighted by molar-refractivity contribution is -0.123. The van der Waals surface area contributed by atoms with Gasteiger partial charge in [0.25, 0.3) is 5.91 Å².